The Bertz CT molecular complexity index is 1430. The van der Waals surface area contributed by atoms with E-state index in [9.17, 15) is 19.2 Å². The first-order chi connectivity index (χ1) is 18.8. The minimum atomic E-state index is -0.665. The molecule has 3 amide bonds. The fourth-order valence-corrected chi connectivity index (χ4v) is 4.56. The molecular weight excluding hydrogens is 544 g/mol. The zero-order valence-corrected chi connectivity index (χ0v) is 22.3. The molecule has 0 saturated carbocycles. The molecule has 200 valence electrons. The van der Waals surface area contributed by atoms with Crippen molar-refractivity contribution in [1.29, 1.82) is 0 Å². The van der Waals surface area contributed by atoms with Crippen LogP contribution in [-0.2, 0) is 14.3 Å². The van der Waals surface area contributed by atoms with E-state index >= 15 is 0 Å². The molecule has 0 spiro atoms. The van der Waals surface area contributed by atoms with E-state index < -0.39 is 29.6 Å². The third-order valence-electron chi connectivity index (χ3n) is 5.35. The first-order valence-electron chi connectivity index (χ1n) is 11.7. The van der Waals surface area contributed by atoms with Crippen molar-refractivity contribution in [2.45, 2.75) is 0 Å². The summed E-state index contributed by atoms with van der Waals surface area (Å²) in [6.07, 6.45) is 1.57. The van der Waals surface area contributed by atoms with Gasteiger partial charge < -0.3 is 19.5 Å². The van der Waals surface area contributed by atoms with E-state index in [1.54, 1.807) is 30.3 Å². The van der Waals surface area contributed by atoms with Gasteiger partial charge in [-0.15, -0.1) is 0 Å². The summed E-state index contributed by atoms with van der Waals surface area (Å²) < 4.78 is 16.0. The molecule has 11 heteroatoms. The third-order valence-corrected chi connectivity index (χ3v) is 6.59. The lowest BCUT2D eigenvalue weighted by Crippen LogP contribution is -2.36. The Morgan fingerprint density at radius 3 is 2.41 bits per heavy atom. The van der Waals surface area contributed by atoms with Gasteiger partial charge in [0.1, 0.15) is 31.3 Å². The third kappa shape index (κ3) is 7.40. The van der Waals surface area contributed by atoms with Gasteiger partial charge in [0, 0.05) is 5.69 Å². The minimum absolute atomic E-state index is 0.0704. The van der Waals surface area contributed by atoms with E-state index in [1.807, 2.05) is 30.3 Å². The number of thioether (sulfide) groups is 1. The Kier molecular flexibility index (Phi) is 9.24. The SMILES string of the molecule is COC(=O)c1cc(NC(=O)CN2C(=O)S/C(=C/c3cccc(OCCOc4ccccc4)c3)C2=O)ccc1Cl. The molecule has 1 fully saturated rings. The maximum absolute atomic E-state index is 12.9. The standard InChI is InChI=1S/C28H23ClN2O7S/c1-36-27(34)22-16-19(10-11-23(22)29)30-25(32)17-31-26(33)24(39-28(31)35)15-18-6-5-9-21(14-18)38-13-12-37-20-7-3-2-4-8-20/h2-11,14-16H,12-13,17H2,1H3,(H,30,32)/b24-15+. The van der Waals surface area contributed by atoms with Crippen LogP contribution in [0.5, 0.6) is 11.5 Å². The van der Waals surface area contributed by atoms with Crippen molar-refractivity contribution in [2.24, 2.45) is 0 Å². The number of benzene rings is 3. The van der Waals surface area contributed by atoms with Gasteiger partial charge in [-0.05, 0) is 65.9 Å². The highest BCUT2D eigenvalue weighted by atomic mass is 35.5. The lowest BCUT2D eigenvalue weighted by Gasteiger charge is -2.13. The fraction of sp³-hybridized carbons (Fsp3) is 0.143. The summed E-state index contributed by atoms with van der Waals surface area (Å²) in [7, 11) is 1.21. The lowest BCUT2D eigenvalue weighted by molar-refractivity contribution is -0.127. The van der Waals surface area contributed by atoms with Crippen LogP contribution in [0.1, 0.15) is 15.9 Å². The Labute approximate surface area is 233 Å². The monoisotopic (exact) mass is 566 g/mol. The molecule has 1 aliphatic rings. The number of imide groups is 1. The van der Waals surface area contributed by atoms with Crippen molar-refractivity contribution in [3.05, 3.63) is 93.9 Å². The number of para-hydroxylation sites is 1. The molecule has 0 aliphatic carbocycles. The summed E-state index contributed by atoms with van der Waals surface area (Å²) in [4.78, 5) is 50.8. The molecular formula is C28H23ClN2O7S. The van der Waals surface area contributed by atoms with Gasteiger partial charge in [0.15, 0.2) is 0 Å². The van der Waals surface area contributed by atoms with Crippen LogP contribution in [0.15, 0.2) is 77.7 Å². The zero-order valence-electron chi connectivity index (χ0n) is 20.7. The predicted octanol–water partition coefficient (Wildman–Crippen LogP) is 5.26. The van der Waals surface area contributed by atoms with Crippen molar-refractivity contribution in [3.8, 4) is 11.5 Å². The van der Waals surface area contributed by atoms with Crippen molar-refractivity contribution in [1.82, 2.24) is 4.90 Å². The van der Waals surface area contributed by atoms with Gasteiger partial charge in [0.2, 0.25) is 5.91 Å². The van der Waals surface area contributed by atoms with Gasteiger partial charge >= 0.3 is 5.97 Å². The first-order valence-corrected chi connectivity index (χ1v) is 12.9. The number of carbonyl (C=O) groups is 4. The van der Waals surface area contributed by atoms with E-state index in [-0.39, 0.29) is 21.2 Å². The molecule has 0 bridgehead atoms. The van der Waals surface area contributed by atoms with Crippen LogP contribution in [-0.4, -0.2) is 54.8 Å². The number of hydrogen-bond acceptors (Lipinski definition) is 8. The molecule has 0 aromatic heterocycles. The van der Waals surface area contributed by atoms with Crippen LogP contribution >= 0.6 is 23.4 Å². The molecule has 4 rings (SSSR count). The number of nitrogens with zero attached hydrogens (tertiary/aromatic N) is 1. The zero-order chi connectivity index (χ0) is 27.8. The number of nitrogens with one attached hydrogen (secondary N) is 1. The highest BCUT2D eigenvalue weighted by Crippen LogP contribution is 2.32. The average Bonchev–Trinajstić information content (AvgIpc) is 3.19. The van der Waals surface area contributed by atoms with Crippen LogP contribution in [0.4, 0.5) is 10.5 Å². The van der Waals surface area contributed by atoms with Crippen LogP contribution < -0.4 is 14.8 Å². The number of hydrogen-bond donors (Lipinski definition) is 1. The number of rotatable bonds is 10. The molecule has 1 aliphatic heterocycles. The lowest BCUT2D eigenvalue weighted by atomic mass is 10.2. The Hall–Kier alpha value is -4.28. The Morgan fingerprint density at radius 1 is 0.949 bits per heavy atom. The number of esters is 1. The molecule has 3 aromatic rings. The molecule has 1 heterocycles. The second-order valence-corrected chi connectivity index (χ2v) is 9.49. The van der Waals surface area contributed by atoms with E-state index in [2.05, 4.69) is 10.1 Å². The molecule has 0 radical (unpaired) electrons. The summed E-state index contributed by atoms with van der Waals surface area (Å²) in [5.41, 5.74) is 0.988. The van der Waals surface area contributed by atoms with Crippen molar-refractivity contribution in [2.75, 3.05) is 32.2 Å². The van der Waals surface area contributed by atoms with Gasteiger partial charge in [-0.3, -0.25) is 19.3 Å². The van der Waals surface area contributed by atoms with Crippen molar-refractivity contribution < 1.29 is 33.4 Å². The summed E-state index contributed by atoms with van der Waals surface area (Å²) >= 11 is 6.74. The summed E-state index contributed by atoms with van der Waals surface area (Å²) in [6, 6.07) is 20.7. The number of methoxy groups -OCH3 is 1. The van der Waals surface area contributed by atoms with Crippen LogP contribution in [0.2, 0.25) is 5.02 Å². The second kappa shape index (κ2) is 13.0. The first kappa shape index (κ1) is 27.7. The highest BCUT2D eigenvalue weighted by Gasteiger charge is 2.36. The Balaban J connectivity index is 1.34. The number of anilines is 1. The number of carbonyl (C=O) groups excluding carboxylic acids is 4. The van der Waals surface area contributed by atoms with E-state index in [0.29, 0.717) is 24.5 Å². The molecule has 1 N–H and O–H groups in total. The second-order valence-electron chi connectivity index (χ2n) is 8.08. The van der Waals surface area contributed by atoms with Gasteiger partial charge in [0.25, 0.3) is 11.1 Å². The molecule has 39 heavy (non-hydrogen) atoms. The van der Waals surface area contributed by atoms with Gasteiger partial charge in [-0.1, -0.05) is 41.9 Å². The molecule has 9 nitrogen and oxygen atoms in total. The number of ether oxygens (including phenoxy) is 3. The van der Waals surface area contributed by atoms with Gasteiger partial charge in [0.05, 0.1) is 22.6 Å². The normalized spacial score (nSPS) is 13.9. The minimum Gasteiger partial charge on any atom is -0.490 e. The summed E-state index contributed by atoms with van der Waals surface area (Å²) in [5.74, 6) is -0.548. The van der Waals surface area contributed by atoms with Crippen molar-refractivity contribution in [3.63, 3.8) is 0 Å². The Morgan fingerprint density at radius 2 is 1.67 bits per heavy atom. The van der Waals surface area contributed by atoms with Crippen LogP contribution in [0.25, 0.3) is 6.08 Å². The summed E-state index contributed by atoms with van der Waals surface area (Å²) in [6.45, 7) is 0.177. The molecule has 3 aromatic carbocycles. The summed E-state index contributed by atoms with van der Waals surface area (Å²) in [5, 5.41) is 2.14. The van der Waals surface area contributed by atoms with Crippen LogP contribution in [0.3, 0.4) is 0 Å². The largest absolute Gasteiger partial charge is 0.490 e. The molecule has 1 saturated heterocycles. The molecule has 0 unspecified atom stereocenters. The van der Waals surface area contributed by atoms with E-state index in [4.69, 9.17) is 21.1 Å². The van der Waals surface area contributed by atoms with Crippen LogP contribution in [0, 0.1) is 0 Å². The van der Waals surface area contributed by atoms with E-state index in [1.165, 1.54) is 25.3 Å². The number of amides is 3. The van der Waals surface area contributed by atoms with E-state index in [0.717, 1.165) is 22.4 Å². The number of halogens is 1. The average molecular weight is 567 g/mol. The predicted molar refractivity (Wildman–Crippen MR) is 148 cm³/mol. The van der Waals surface area contributed by atoms with Gasteiger partial charge in [-0.2, -0.15) is 0 Å². The smallest absolute Gasteiger partial charge is 0.339 e. The maximum atomic E-state index is 12.9. The quantitative estimate of drug-likeness (QED) is 0.201. The topological polar surface area (TPSA) is 111 Å². The van der Waals surface area contributed by atoms with Crippen molar-refractivity contribution >= 4 is 58.1 Å². The fourth-order valence-electron chi connectivity index (χ4n) is 3.53. The maximum Gasteiger partial charge on any atom is 0.339 e. The highest BCUT2D eigenvalue weighted by molar-refractivity contribution is 8.18. The molecule has 0 atom stereocenters. The van der Waals surface area contributed by atoms with Gasteiger partial charge in [-0.25, -0.2) is 4.79 Å².